The van der Waals surface area contributed by atoms with Gasteiger partial charge in [-0.2, -0.15) is 0 Å². The van der Waals surface area contributed by atoms with Crippen molar-refractivity contribution in [3.05, 3.63) is 0 Å². The second-order valence-corrected chi connectivity index (χ2v) is 5.22. The van der Waals surface area contributed by atoms with Gasteiger partial charge in [-0.3, -0.25) is 10.4 Å². The van der Waals surface area contributed by atoms with Gasteiger partial charge in [0.05, 0.1) is 6.61 Å². The summed E-state index contributed by atoms with van der Waals surface area (Å²) in [5.74, 6) is 6.03. The van der Waals surface area contributed by atoms with Gasteiger partial charge in [0, 0.05) is 33.4 Å². The Hall–Kier alpha value is -0.850. The molecule has 0 heterocycles. The molecule has 0 bridgehead atoms. The second kappa shape index (κ2) is 9.13. The van der Waals surface area contributed by atoms with Crippen LogP contribution in [0.4, 0.5) is 0 Å². The van der Waals surface area contributed by atoms with Crippen molar-refractivity contribution in [2.45, 2.75) is 33.2 Å². The molecule has 0 rings (SSSR count). The average molecular weight is 260 g/mol. The summed E-state index contributed by atoms with van der Waals surface area (Å²) < 4.78 is 10.1. The van der Waals surface area contributed by atoms with E-state index in [9.17, 15) is 0 Å². The summed E-state index contributed by atoms with van der Waals surface area (Å²) in [6.07, 6.45) is 0.957. The Labute approximate surface area is 110 Å². The lowest BCUT2D eigenvalue weighted by Crippen LogP contribution is -2.47. The maximum atomic E-state index is 5.44. The molecule has 0 aromatic heterocycles. The third kappa shape index (κ3) is 8.27. The van der Waals surface area contributed by atoms with E-state index in [4.69, 9.17) is 15.3 Å². The van der Waals surface area contributed by atoms with Crippen LogP contribution in [0.2, 0.25) is 0 Å². The zero-order chi connectivity index (χ0) is 14.0. The van der Waals surface area contributed by atoms with E-state index < -0.39 is 0 Å². The average Bonchev–Trinajstić information content (AvgIpc) is 2.32. The van der Waals surface area contributed by atoms with Gasteiger partial charge in [-0.1, -0.05) is 13.8 Å². The van der Waals surface area contributed by atoms with Crippen LogP contribution in [0.1, 0.15) is 27.2 Å². The number of hydrogen-bond acceptors (Lipinski definition) is 4. The third-order valence-corrected chi connectivity index (χ3v) is 2.58. The van der Waals surface area contributed by atoms with Crippen LogP contribution in [0.15, 0.2) is 4.99 Å². The van der Waals surface area contributed by atoms with Crippen LogP contribution in [0.25, 0.3) is 0 Å². The van der Waals surface area contributed by atoms with Crippen molar-refractivity contribution < 1.29 is 9.47 Å². The van der Waals surface area contributed by atoms with Crippen LogP contribution >= 0.6 is 0 Å². The number of nitrogens with zero attached hydrogens (tertiary/aromatic N) is 1. The molecule has 6 heteroatoms. The van der Waals surface area contributed by atoms with Crippen molar-refractivity contribution in [1.29, 1.82) is 0 Å². The molecule has 4 N–H and O–H groups in total. The first-order valence-electron chi connectivity index (χ1n) is 6.20. The van der Waals surface area contributed by atoms with Gasteiger partial charge in [-0.05, 0) is 18.8 Å². The Morgan fingerprint density at radius 2 is 2.00 bits per heavy atom. The molecular weight excluding hydrogens is 232 g/mol. The number of ether oxygens (including phenoxy) is 2. The summed E-state index contributed by atoms with van der Waals surface area (Å²) in [6, 6.07) is 0.159. The van der Waals surface area contributed by atoms with E-state index in [1.807, 2.05) is 6.92 Å². The first-order valence-corrected chi connectivity index (χ1v) is 6.20. The van der Waals surface area contributed by atoms with Crippen molar-refractivity contribution in [2.75, 3.05) is 34.0 Å². The second-order valence-electron chi connectivity index (χ2n) is 5.22. The van der Waals surface area contributed by atoms with Crippen LogP contribution in [-0.2, 0) is 9.47 Å². The fraction of sp³-hybridized carbons (Fsp3) is 0.917. The van der Waals surface area contributed by atoms with Gasteiger partial charge in [0.1, 0.15) is 0 Å². The Morgan fingerprint density at radius 1 is 1.33 bits per heavy atom. The molecule has 0 aromatic rings. The first-order chi connectivity index (χ1) is 8.45. The monoisotopic (exact) mass is 260 g/mol. The van der Waals surface area contributed by atoms with Gasteiger partial charge in [-0.15, -0.1) is 0 Å². The molecule has 0 spiro atoms. The molecular formula is C12H28N4O2. The molecule has 0 saturated heterocycles. The number of hydrogen-bond donors (Lipinski definition) is 3. The fourth-order valence-corrected chi connectivity index (χ4v) is 1.41. The SMILES string of the molecule is COCCC(C)(C)CN=C(NN)NC(C)COC. The van der Waals surface area contributed by atoms with Crippen LogP contribution in [0.5, 0.6) is 0 Å². The standard InChI is InChI=1S/C12H28N4O2/c1-10(8-18-5)15-11(16-13)14-9-12(2,3)6-7-17-4/h10H,6-9,13H2,1-5H3,(H2,14,15,16). The molecule has 0 aliphatic rings. The Morgan fingerprint density at radius 3 is 2.50 bits per heavy atom. The van der Waals surface area contributed by atoms with Crippen molar-refractivity contribution in [3.8, 4) is 0 Å². The zero-order valence-corrected chi connectivity index (χ0v) is 12.2. The third-order valence-electron chi connectivity index (χ3n) is 2.58. The van der Waals surface area contributed by atoms with Crippen molar-refractivity contribution in [1.82, 2.24) is 10.7 Å². The van der Waals surface area contributed by atoms with Crippen LogP contribution in [-0.4, -0.2) is 46.0 Å². The topological polar surface area (TPSA) is 80.9 Å². The van der Waals surface area contributed by atoms with Crippen molar-refractivity contribution in [2.24, 2.45) is 16.3 Å². The minimum Gasteiger partial charge on any atom is -0.385 e. The van der Waals surface area contributed by atoms with Gasteiger partial charge in [0.25, 0.3) is 0 Å². The molecule has 18 heavy (non-hydrogen) atoms. The predicted molar refractivity (Wildman–Crippen MR) is 74.4 cm³/mol. The minimum atomic E-state index is 0.0876. The first kappa shape index (κ1) is 17.2. The predicted octanol–water partition coefficient (Wildman–Crippen LogP) is 0.493. The highest BCUT2D eigenvalue weighted by atomic mass is 16.5. The lowest BCUT2D eigenvalue weighted by Gasteiger charge is -2.23. The van der Waals surface area contributed by atoms with E-state index in [0.717, 1.165) is 13.0 Å². The molecule has 1 atom stereocenters. The molecule has 0 aliphatic heterocycles. The highest BCUT2D eigenvalue weighted by molar-refractivity contribution is 5.79. The fourth-order valence-electron chi connectivity index (χ4n) is 1.41. The molecule has 0 aliphatic carbocycles. The van der Waals surface area contributed by atoms with Crippen LogP contribution in [0.3, 0.4) is 0 Å². The quantitative estimate of drug-likeness (QED) is 0.256. The van der Waals surface area contributed by atoms with Crippen molar-refractivity contribution >= 4 is 5.96 Å². The van der Waals surface area contributed by atoms with E-state index in [1.54, 1.807) is 14.2 Å². The van der Waals surface area contributed by atoms with E-state index in [-0.39, 0.29) is 11.5 Å². The largest absolute Gasteiger partial charge is 0.385 e. The molecule has 0 radical (unpaired) electrons. The summed E-state index contributed by atoms with van der Waals surface area (Å²) in [7, 11) is 3.37. The molecule has 0 amide bonds. The summed E-state index contributed by atoms with van der Waals surface area (Å²) in [4.78, 5) is 4.45. The maximum absolute atomic E-state index is 5.44. The highest BCUT2D eigenvalue weighted by Crippen LogP contribution is 2.20. The highest BCUT2D eigenvalue weighted by Gasteiger charge is 2.17. The minimum absolute atomic E-state index is 0.0876. The van der Waals surface area contributed by atoms with Gasteiger partial charge >= 0.3 is 0 Å². The number of hydrazine groups is 1. The van der Waals surface area contributed by atoms with Gasteiger partial charge in [0.2, 0.25) is 5.96 Å². The van der Waals surface area contributed by atoms with Gasteiger partial charge in [-0.25, -0.2) is 5.84 Å². The number of methoxy groups -OCH3 is 2. The van der Waals surface area contributed by atoms with E-state index in [0.29, 0.717) is 19.1 Å². The zero-order valence-electron chi connectivity index (χ0n) is 12.2. The van der Waals surface area contributed by atoms with E-state index in [2.05, 4.69) is 29.6 Å². The molecule has 6 nitrogen and oxygen atoms in total. The number of nitrogens with one attached hydrogen (secondary N) is 2. The van der Waals surface area contributed by atoms with Gasteiger partial charge in [0.15, 0.2) is 0 Å². The molecule has 1 unspecified atom stereocenters. The Balaban J connectivity index is 4.25. The molecule has 0 saturated carbocycles. The lowest BCUT2D eigenvalue weighted by molar-refractivity contribution is 0.155. The van der Waals surface area contributed by atoms with Crippen LogP contribution < -0.4 is 16.6 Å². The smallest absolute Gasteiger partial charge is 0.206 e. The molecule has 0 aromatic carbocycles. The van der Waals surface area contributed by atoms with Gasteiger partial charge < -0.3 is 14.8 Å². The number of nitrogens with two attached hydrogens (primary N) is 1. The Bertz CT molecular complexity index is 244. The van der Waals surface area contributed by atoms with Crippen molar-refractivity contribution in [3.63, 3.8) is 0 Å². The summed E-state index contributed by atoms with van der Waals surface area (Å²) in [5, 5.41) is 3.15. The number of aliphatic imine (C=N–C) groups is 1. The summed E-state index contributed by atoms with van der Waals surface area (Å²) >= 11 is 0. The van der Waals surface area contributed by atoms with E-state index >= 15 is 0 Å². The molecule has 108 valence electrons. The number of guanidine groups is 1. The summed E-state index contributed by atoms with van der Waals surface area (Å²) in [6.45, 7) is 8.34. The van der Waals surface area contributed by atoms with Crippen LogP contribution in [0, 0.1) is 5.41 Å². The summed E-state index contributed by atoms with van der Waals surface area (Å²) in [5.41, 5.74) is 2.66. The molecule has 0 fully saturated rings. The normalized spacial score (nSPS) is 14.4. The lowest BCUT2D eigenvalue weighted by atomic mass is 9.90. The Kier molecular flexibility index (Phi) is 8.70. The maximum Gasteiger partial charge on any atom is 0.206 e. The van der Waals surface area contributed by atoms with E-state index in [1.165, 1.54) is 0 Å². The number of rotatable bonds is 8.